The first kappa shape index (κ1) is 23.2. The van der Waals surface area contributed by atoms with Crippen LogP contribution in [0.2, 0.25) is 0 Å². The monoisotopic (exact) mass is 429 g/mol. The molecule has 2 heterocycles. The fraction of sp³-hybridized carbons (Fsp3) is 0.750. The lowest BCUT2D eigenvalue weighted by molar-refractivity contribution is -0.139. The highest BCUT2D eigenvalue weighted by Gasteiger charge is 2.45. The van der Waals surface area contributed by atoms with Crippen LogP contribution in [0.3, 0.4) is 0 Å². The molecule has 158 valence electrons. The van der Waals surface area contributed by atoms with Crippen LogP contribution in [0, 0.1) is 5.92 Å². The Kier molecular flexibility index (Phi) is 7.56. The van der Waals surface area contributed by atoms with Crippen molar-refractivity contribution < 1.29 is 4.79 Å². The molecule has 1 saturated carbocycles. The quantitative estimate of drug-likeness (QED) is 0.781. The summed E-state index contributed by atoms with van der Waals surface area (Å²) < 4.78 is 0. The lowest BCUT2D eigenvalue weighted by atomic mass is 9.76. The lowest BCUT2D eigenvalue weighted by Crippen LogP contribution is -2.50. The number of piperidine rings is 1. The van der Waals surface area contributed by atoms with Gasteiger partial charge in [0.1, 0.15) is 0 Å². The minimum atomic E-state index is 0. The van der Waals surface area contributed by atoms with Gasteiger partial charge in [0.25, 0.3) is 0 Å². The molecule has 0 bridgehead atoms. The summed E-state index contributed by atoms with van der Waals surface area (Å²) in [6.07, 6.45) is 10.2. The normalized spacial score (nSPS) is 28.9. The third-order valence-corrected chi connectivity index (χ3v) is 6.64. The number of nitrogens with two attached hydrogens (primary N) is 1. The van der Waals surface area contributed by atoms with Crippen LogP contribution < -0.4 is 10.6 Å². The highest BCUT2D eigenvalue weighted by Crippen LogP contribution is 2.44. The van der Waals surface area contributed by atoms with E-state index < -0.39 is 0 Å². The number of aromatic nitrogens is 2. The number of carbonyl (C=O) groups is 1. The molecule has 1 saturated heterocycles. The van der Waals surface area contributed by atoms with E-state index in [1.54, 1.807) is 0 Å². The third kappa shape index (κ3) is 4.24. The van der Waals surface area contributed by atoms with Crippen LogP contribution in [0.1, 0.15) is 56.2 Å². The maximum atomic E-state index is 13.1. The summed E-state index contributed by atoms with van der Waals surface area (Å²) in [5, 5.41) is 0. The van der Waals surface area contributed by atoms with Crippen molar-refractivity contribution in [2.45, 2.75) is 62.8 Å². The van der Waals surface area contributed by atoms with Crippen molar-refractivity contribution in [3.8, 4) is 0 Å². The molecule has 1 unspecified atom stereocenters. The van der Waals surface area contributed by atoms with E-state index in [-0.39, 0.29) is 42.2 Å². The fourth-order valence-corrected chi connectivity index (χ4v) is 5.09. The second kappa shape index (κ2) is 9.14. The van der Waals surface area contributed by atoms with E-state index in [4.69, 9.17) is 10.7 Å². The summed E-state index contributed by atoms with van der Waals surface area (Å²) in [7, 11) is 3.96. The molecule has 4 rings (SSSR count). The van der Waals surface area contributed by atoms with Gasteiger partial charge in [0.2, 0.25) is 11.9 Å². The minimum Gasteiger partial charge on any atom is -0.347 e. The molecule has 2 N–H and O–H groups in total. The van der Waals surface area contributed by atoms with E-state index in [0.717, 1.165) is 70.4 Å². The second-order valence-corrected chi connectivity index (χ2v) is 8.69. The molecule has 28 heavy (non-hydrogen) atoms. The number of hydrogen-bond donors (Lipinski definition) is 1. The molecule has 1 amide bonds. The molecule has 1 spiro atoms. The zero-order valence-electron chi connectivity index (χ0n) is 16.9. The summed E-state index contributed by atoms with van der Waals surface area (Å²) >= 11 is 0. The number of fused-ring (bicyclic) bond motifs is 2. The van der Waals surface area contributed by atoms with Gasteiger partial charge in [-0.2, -0.15) is 0 Å². The van der Waals surface area contributed by atoms with Crippen LogP contribution in [-0.4, -0.2) is 54.0 Å². The predicted molar refractivity (Wildman–Crippen MR) is 117 cm³/mol. The van der Waals surface area contributed by atoms with Gasteiger partial charge in [-0.15, -0.1) is 24.8 Å². The average Bonchev–Trinajstić information content (AvgIpc) is 2.99. The Labute approximate surface area is 180 Å². The standard InChI is InChI=1S/C20H31N5O.2ClH/c1-24(2)19-22-12-15-8-10-20(17(15)23-19)9-3-11-25(13-20)18(26)14-4-6-16(21)7-5-14;;/h12,14,16H,3-11,13,21H2,1-2H3;2*1H. The van der Waals surface area contributed by atoms with E-state index in [2.05, 4.69) is 9.88 Å². The minimum absolute atomic E-state index is 0. The van der Waals surface area contributed by atoms with Crippen molar-refractivity contribution in [2.75, 3.05) is 32.1 Å². The zero-order chi connectivity index (χ0) is 18.3. The average molecular weight is 430 g/mol. The number of carbonyl (C=O) groups excluding carboxylic acids is 1. The van der Waals surface area contributed by atoms with E-state index in [1.807, 2.05) is 25.2 Å². The Bertz CT molecular complexity index is 689. The Morgan fingerprint density at radius 3 is 2.61 bits per heavy atom. The molecule has 2 fully saturated rings. The number of aryl methyl sites for hydroxylation is 1. The number of halogens is 2. The van der Waals surface area contributed by atoms with Crippen LogP contribution >= 0.6 is 24.8 Å². The van der Waals surface area contributed by atoms with Crippen LogP contribution in [0.5, 0.6) is 0 Å². The van der Waals surface area contributed by atoms with Crippen molar-refractivity contribution in [1.29, 1.82) is 0 Å². The van der Waals surface area contributed by atoms with Crippen molar-refractivity contribution in [3.05, 3.63) is 17.5 Å². The number of amides is 1. The van der Waals surface area contributed by atoms with Gasteiger partial charge in [0.05, 0.1) is 5.69 Å². The smallest absolute Gasteiger partial charge is 0.225 e. The van der Waals surface area contributed by atoms with Gasteiger partial charge in [-0.05, 0) is 56.9 Å². The first-order chi connectivity index (χ1) is 12.5. The topological polar surface area (TPSA) is 75.4 Å². The number of rotatable bonds is 2. The number of nitrogens with zero attached hydrogens (tertiary/aromatic N) is 4. The molecule has 0 radical (unpaired) electrons. The van der Waals surface area contributed by atoms with Gasteiger partial charge in [0.15, 0.2) is 0 Å². The van der Waals surface area contributed by atoms with E-state index in [0.29, 0.717) is 5.91 Å². The molecular formula is C20H33Cl2N5O. The Morgan fingerprint density at radius 1 is 1.21 bits per heavy atom. The molecule has 2 aliphatic carbocycles. The molecule has 1 aromatic rings. The molecule has 0 aromatic carbocycles. The van der Waals surface area contributed by atoms with Crippen molar-refractivity contribution >= 4 is 36.7 Å². The van der Waals surface area contributed by atoms with E-state index in [1.165, 1.54) is 11.3 Å². The number of anilines is 1. The van der Waals surface area contributed by atoms with Crippen LogP contribution in [0.25, 0.3) is 0 Å². The molecule has 1 aromatic heterocycles. The Hall–Kier alpha value is -1.11. The zero-order valence-corrected chi connectivity index (χ0v) is 18.5. The van der Waals surface area contributed by atoms with E-state index in [9.17, 15) is 4.79 Å². The van der Waals surface area contributed by atoms with Gasteiger partial charge >= 0.3 is 0 Å². The molecule has 6 nitrogen and oxygen atoms in total. The van der Waals surface area contributed by atoms with Gasteiger partial charge in [-0.25, -0.2) is 9.97 Å². The predicted octanol–water partition coefficient (Wildman–Crippen LogP) is 2.71. The van der Waals surface area contributed by atoms with E-state index >= 15 is 0 Å². The molecule has 8 heteroatoms. The molecule has 1 atom stereocenters. The summed E-state index contributed by atoms with van der Waals surface area (Å²) in [6.45, 7) is 1.72. The maximum absolute atomic E-state index is 13.1. The van der Waals surface area contributed by atoms with Crippen LogP contribution in [0.15, 0.2) is 6.20 Å². The highest BCUT2D eigenvalue weighted by atomic mass is 35.5. The van der Waals surface area contributed by atoms with Crippen molar-refractivity contribution in [2.24, 2.45) is 11.7 Å². The number of hydrogen-bond acceptors (Lipinski definition) is 5. The first-order valence-electron chi connectivity index (χ1n) is 10.1. The van der Waals surface area contributed by atoms with Gasteiger partial charge in [0, 0.05) is 50.8 Å². The highest BCUT2D eigenvalue weighted by molar-refractivity contribution is 5.85. The van der Waals surface area contributed by atoms with Crippen molar-refractivity contribution in [3.63, 3.8) is 0 Å². The summed E-state index contributed by atoms with van der Waals surface area (Å²) in [5.41, 5.74) is 8.51. The molecular weight excluding hydrogens is 397 g/mol. The third-order valence-electron chi connectivity index (χ3n) is 6.64. The molecule has 3 aliphatic rings. The van der Waals surface area contributed by atoms with Crippen molar-refractivity contribution in [1.82, 2.24) is 14.9 Å². The Morgan fingerprint density at radius 2 is 1.93 bits per heavy atom. The van der Waals surface area contributed by atoms with Gasteiger partial charge < -0.3 is 15.5 Å². The van der Waals surface area contributed by atoms with Gasteiger partial charge in [-0.1, -0.05) is 0 Å². The molecule has 1 aliphatic heterocycles. The van der Waals surface area contributed by atoms with Gasteiger partial charge in [-0.3, -0.25) is 4.79 Å². The Balaban J connectivity index is 0.00000140. The fourth-order valence-electron chi connectivity index (χ4n) is 5.09. The second-order valence-electron chi connectivity index (χ2n) is 8.69. The summed E-state index contributed by atoms with van der Waals surface area (Å²) in [6, 6.07) is 0.287. The van der Waals surface area contributed by atoms with Crippen LogP contribution in [-0.2, 0) is 16.6 Å². The SMILES string of the molecule is CN(C)c1ncc2c(n1)C1(CCCN(C(=O)C3CCC(N)CC3)C1)CC2.Cl.Cl. The largest absolute Gasteiger partial charge is 0.347 e. The first-order valence-corrected chi connectivity index (χ1v) is 10.1. The summed E-state index contributed by atoms with van der Waals surface area (Å²) in [5.74, 6) is 1.30. The van der Waals surface area contributed by atoms with Crippen LogP contribution in [0.4, 0.5) is 5.95 Å². The summed E-state index contributed by atoms with van der Waals surface area (Å²) in [4.78, 5) is 26.6. The lowest BCUT2D eigenvalue weighted by Gasteiger charge is -2.42. The number of likely N-dealkylation sites (tertiary alicyclic amines) is 1. The maximum Gasteiger partial charge on any atom is 0.225 e.